The molecule has 1 aliphatic heterocycles. The van der Waals surface area contributed by atoms with E-state index in [1.807, 2.05) is 9.47 Å². The van der Waals surface area contributed by atoms with Crippen LogP contribution in [0.3, 0.4) is 0 Å². The van der Waals surface area contributed by atoms with Crippen LogP contribution in [0.1, 0.15) is 16.8 Å². The second-order valence-corrected chi connectivity index (χ2v) is 7.06. The van der Waals surface area contributed by atoms with Crippen molar-refractivity contribution in [3.8, 4) is 0 Å². The van der Waals surface area contributed by atoms with E-state index in [9.17, 15) is 4.79 Å². The lowest BCUT2D eigenvalue weighted by atomic mass is 10.1. The molecule has 1 aliphatic rings. The third kappa shape index (κ3) is 2.69. The molecule has 9 heteroatoms. The monoisotopic (exact) mass is 410 g/mol. The lowest BCUT2D eigenvalue weighted by Gasteiger charge is -2.29. The highest BCUT2D eigenvalue weighted by Crippen LogP contribution is 2.38. The number of rotatable bonds is 2. The van der Waals surface area contributed by atoms with Crippen LogP contribution in [0, 0.1) is 0 Å². The molecule has 1 aromatic carbocycles. The lowest BCUT2D eigenvalue weighted by Crippen LogP contribution is -2.29. The first-order chi connectivity index (χ1) is 12.5. The molecule has 0 saturated heterocycles. The molecule has 134 valence electrons. The number of carbonyl (C=O) groups excluding carboxylic acids is 1. The van der Waals surface area contributed by atoms with Crippen molar-refractivity contribution in [1.29, 1.82) is 0 Å². The zero-order valence-electron chi connectivity index (χ0n) is 13.7. The van der Waals surface area contributed by atoms with E-state index in [4.69, 9.17) is 39.5 Å². The smallest absolute Gasteiger partial charge is 0.340 e. The number of esters is 1. The number of ether oxygens (including phenoxy) is 1. The number of aryl methyl sites for hydroxylation is 1. The minimum absolute atomic E-state index is 0.419. The zero-order chi connectivity index (χ0) is 18.4. The molecule has 3 aromatic rings. The van der Waals surface area contributed by atoms with Crippen molar-refractivity contribution < 1.29 is 9.53 Å². The summed E-state index contributed by atoms with van der Waals surface area (Å²) in [6.45, 7) is 1.38. The fourth-order valence-electron chi connectivity index (χ4n) is 3.18. The van der Waals surface area contributed by atoms with Crippen LogP contribution in [0.2, 0.25) is 15.1 Å². The van der Waals surface area contributed by atoms with Crippen molar-refractivity contribution >= 4 is 63.6 Å². The van der Waals surface area contributed by atoms with Gasteiger partial charge in [-0.15, -0.1) is 0 Å². The number of carbonyl (C=O) groups is 1. The third-order valence-corrected chi connectivity index (χ3v) is 5.07. The van der Waals surface area contributed by atoms with E-state index >= 15 is 0 Å². The van der Waals surface area contributed by atoms with Crippen molar-refractivity contribution in [2.45, 2.75) is 13.0 Å². The van der Waals surface area contributed by atoms with Crippen LogP contribution in [0.5, 0.6) is 0 Å². The van der Waals surface area contributed by atoms with E-state index in [0.717, 1.165) is 6.42 Å². The minimum atomic E-state index is -0.436. The first kappa shape index (κ1) is 17.4. The second-order valence-electron chi connectivity index (χ2n) is 5.81. The van der Waals surface area contributed by atoms with E-state index < -0.39 is 5.97 Å². The number of methoxy groups -OCH3 is 1. The van der Waals surface area contributed by atoms with Crippen LogP contribution in [0.25, 0.3) is 11.0 Å². The Morgan fingerprint density at radius 1 is 1.19 bits per heavy atom. The van der Waals surface area contributed by atoms with Gasteiger partial charge in [0.15, 0.2) is 5.82 Å². The average molecular weight is 412 g/mol. The summed E-state index contributed by atoms with van der Waals surface area (Å²) in [5, 5.41) is 1.35. The number of anilines is 2. The molecule has 0 bridgehead atoms. The van der Waals surface area contributed by atoms with Gasteiger partial charge in [-0.3, -0.25) is 4.90 Å². The van der Waals surface area contributed by atoms with E-state index in [-0.39, 0.29) is 0 Å². The topological polar surface area (TPSA) is 60.2 Å². The highest BCUT2D eigenvalue weighted by Gasteiger charge is 2.28. The fraction of sp³-hybridized carbons (Fsp3) is 0.235. The third-order valence-electron chi connectivity index (χ3n) is 4.28. The molecule has 0 saturated carbocycles. The molecule has 6 nitrogen and oxygen atoms in total. The van der Waals surface area contributed by atoms with Crippen LogP contribution in [-0.4, -0.2) is 34.2 Å². The lowest BCUT2D eigenvalue weighted by molar-refractivity contribution is 0.0602. The van der Waals surface area contributed by atoms with Gasteiger partial charge in [0.25, 0.3) is 0 Å². The molecule has 2 aromatic heterocycles. The van der Waals surface area contributed by atoms with Gasteiger partial charge in [0, 0.05) is 19.3 Å². The summed E-state index contributed by atoms with van der Waals surface area (Å²) in [5.74, 6) is 0.749. The van der Waals surface area contributed by atoms with E-state index in [1.54, 1.807) is 18.2 Å². The normalized spacial score (nSPS) is 13.8. The highest BCUT2D eigenvalue weighted by molar-refractivity contribution is 6.36. The Morgan fingerprint density at radius 2 is 2.00 bits per heavy atom. The van der Waals surface area contributed by atoms with E-state index in [0.29, 0.717) is 56.5 Å². The maximum Gasteiger partial charge on any atom is 0.340 e. The van der Waals surface area contributed by atoms with Crippen molar-refractivity contribution in [3.63, 3.8) is 0 Å². The van der Waals surface area contributed by atoms with Gasteiger partial charge in [-0.05, 0) is 24.6 Å². The predicted octanol–water partition coefficient (Wildman–Crippen LogP) is 4.72. The highest BCUT2D eigenvalue weighted by atomic mass is 35.5. The Bertz CT molecular complexity index is 1030. The number of aromatic nitrogens is 3. The van der Waals surface area contributed by atoms with Crippen LogP contribution in [0.4, 0.5) is 11.8 Å². The Morgan fingerprint density at radius 3 is 2.73 bits per heavy atom. The SMILES string of the molecule is COC(=O)c1ccc(Cl)c2nc3n(c12)CCCN3c1ncc(Cl)cc1Cl. The molecule has 3 heterocycles. The summed E-state index contributed by atoms with van der Waals surface area (Å²) in [6.07, 6.45) is 2.36. The van der Waals surface area contributed by atoms with Gasteiger partial charge in [0.2, 0.25) is 5.95 Å². The summed E-state index contributed by atoms with van der Waals surface area (Å²) in [4.78, 5) is 23.1. The number of imidazole rings is 1. The summed E-state index contributed by atoms with van der Waals surface area (Å²) in [6, 6.07) is 4.94. The fourth-order valence-corrected chi connectivity index (χ4v) is 3.86. The Kier molecular flexibility index (Phi) is 4.42. The minimum Gasteiger partial charge on any atom is -0.465 e. The molecule has 0 amide bonds. The molecule has 0 spiro atoms. The molecule has 0 atom stereocenters. The van der Waals surface area contributed by atoms with Gasteiger partial charge in [0.05, 0.1) is 33.3 Å². The number of nitrogens with zero attached hydrogens (tertiary/aromatic N) is 4. The van der Waals surface area contributed by atoms with Gasteiger partial charge >= 0.3 is 5.97 Å². The van der Waals surface area contributed by atoms with Crippen LogP contribution < -0.4 is 4.90 Å². The summed E-state index contributed by atoms with van der Waals surface area (Å²) < 4.78 is 6.85. The number of benzene rings is 1. The van der Waals surface area contributed by atoms with Crippen LogP contribution in [-0.2, 0) is 11.3 Å². The van der Waals surface area contributed by atoms with Crippen molar-refractivity contribution in [2.75, 3.05) is 18.6 Å². The summed E-state index contributed by atoms with van der Waals surface area (Å²) in [5.41, 5.74) is 1.61. The number of fused-ring (bicyclic) bond motifs is 3. The molecular weight excluding hydrogens is 399 g/mol. The van der Waals surface area contributed by atoms with Gasteiger partial charge < -0.3 is 9.30 Å². The zero-order valence-corrected chi connectivity index (χ0v) is 15.9. The number of hydrogen-bond donors (Lipinski definition) is 0. The maximum atomic E-state index is 12.2. The second kappa shape index (κ2) is 6.61. The maximum absolute atomic E-state index is 12.2. The van der Waals surface area contributed by atoms with Gasteiger partial charge in [-0.1, -0.05) is 34.8 Å². The number of halogens is 3. The summed E-state index contributed by atoms with van der Waals surface area (Å²) in [7, 11) is 1.35. The summed E-state index contributed by atoms with van der Waals surface area (Å²) >= 11 is 18.6. The Hall–Kier alpha value is -2.02. The first-order valence-corrected chi connectivity index (χ1v) is 9.00. The van der Waals surface area contributed by atoms with Crippen LogP contribution in [0.15, 0.2) is 24.4 Å². The van der Waals surface area contributed by atoms with Crippen LogP contribution >= 0.6 is 34.8 Å². The predicted molar refractivity (Wildman–Crippen MR) is 102 cm³/mol. The van der Waals surface area contributed by atoms with E-state index in [1.165, 1.54) is 13.3 Å². The largest absolute Gasteiger partial charge is 0.465 e. The standard InChI is InChI=1S/C17H13Cl3N4O2/c1-26-16(25)10-3-4-11(19)13-14(10)23-5-2-6-24(17(23)22-13)15-12(20)7-9(18)8-21-15/h3-4,7-8H,2,5-6H2,1H3. The van der Waals surface area contributed by atoms with Gasteiger partial charge in [0.1, 0.15) is 5.52 Å². The quantitative estimate of drug-likeness (QED) is 0.571. The molecule has 0 radical (unpaired) electrons. The molecule has 0 N–H and O–H groups in total. The van der Waals surface area contributed by atoms with Gasteiger partial charge in [-0.25, -0.2) is 14.8 Å². The molecule has 26 heavy (non-hydrogen) atoms. The molecule has 0 fully saturated rings. The van der Waals surface area contributed by atoms with E-state index in [2.05, 4.69) is 9.97 Å². The number of hydrogen-bond acceptors (Lipinski definition) is 5. The van der Waals surface area contributed by atoms with Gasteiger partial charge in [-0.2, -0.15) is 0 Å². The van der Waals surface area contributed by atoms with Crippen molar-refractivity contribution in [1.82, 2.24) is 14.5 Å². The Labute approximate surface area is 164 Å². The van der Waals surface area contributed by atoms with Crippen molar-refractivity contribution in [2.24, 2.45) is 0 Å². The average Bonchev–Trinajstić information content (AvgIpc) is 3.02. The number of pyridine rings is 1. The first-order valence-electron chi connectivity index (χ1n) is 7.87. The molecule has 4 rings (SSSR count). The molecule has 0 aliphatic carbocycles. The molecular formula is C17H13Cl3N4O2. The van der Waals surface area contributed by atoms with Crippen molar-refractivity contribution in [3.05, 3.63) is 45.0 Å². The molecule has 0 unspecified atom stereocenters. The Balaban J connectivity index is 1.96.